The second-order valence-corrected chi connectivity index (χ2v) is 6.54. The lowest BCUT2D eigenvalue weighted by Crippen LogP contribution is -2.22. The van der Waals surface area contributed by atoms with Gasteiger partial charge in [-0.2, -0.15) is 0 Å². The maximum absolute atomic E-state index is 12.2. The van der Waals surface area contributed by atoms with Crippen molar-refractivity contribution in [1.29, 1.82) is 0 Å². The van der Waals surface area contributed by atoms with Gasteiger partial charge in [-0.25, -0.2) is 0 Å². The number of aromatic nitrogens is 1. The molecular formula is C19H14N2O3S. The van der Waals surface area contributed by atoms with Crippen molar-refractivity contribution in [3.63, 3.8) is 0 Å². The van der Waals surface area contributed by atoms with Crippen LogP contribution in [0.15, 0.2) is 75.9 Å². The summed E-state index contributed by atoms with van der Waals surface area (Å²) in [5, 5.41) is 6.65. The maximum Gasteiger partial charge on any atom is 0.273 e. The van der Waals surface area contributed by atoms with Gasteiger partial charge in [-0.3, -0.25) is 4.79 Å². The Labute approximate surface area is 147 Å². The van der Waals surface area contributed by atoms with E-state index in [1.165, 1.54) is 10.4 Å². The van der Waals surface area contributed by atoms with Gasteiger partial charge < -0.3 is 14.3 Å². The average molecular weight is 350 g/mol. The van der Waals surface area contributed by atoms with E-state index in [1.54, 1.807) is 35.8 Å². The lowest BCUT2D eigenvalue weighted by molar-refractivity contribution is 0.0942. The standard InChI is InChI=1S/C19H14N2O3S/c22-19(15-11-17(24-21-15)16-7-4-10-23-16)20-12-14-8-9-18(25-14)13-5-2-1-3-6-13/h1-11H,12H2,(H,20,22). The number of hydrogen-bond acceptors (Lipinski definition) is 5. The minimum Gasteiger partial charge on any atom is -0.461 e. The van der Waals surface area contributed by atoms with Crippen LogP contribution in [0, 0.1) is 0 Å². The topological polar surface area (TPSA) is 68.3 Å². The highest BCUT2D eigenvalue weighted by Crippen LogP contribution is 2.27. The lowest BCUT2D eigenvalue weighted by atomic mass is 10.2. The molecule has 0 aliphatic rings. The smallest absolute Gasteiger partial charge is 0.273 e. The Balaban J connectivity index is 1.40. The number of nitrogens with zero attached hydrogens (tertiary/aromatic N) is 1. The molecule has 25 heavy (non-hydrogen) atoms. The minimum atomic E-state index is -0.281. The van der Waals surface area contributed by atoms with Crippen LogP contribution in [0.3, 0.4) is 0 Å². The van der Waals surface area contributed by atoms with Gasteiger partial charge in [-0.05, 0) is 29.8 Å². The van der Waals surface area contributed by atoms with E-state index in [-0.39, 0.29) is 11.6 Å². The first-order valence-electron chi connectivity index (χ1n) is 7.72. The van der Waals surface area contributed by atoms with E-state index in [4.69, 9.17) is 8.94 Å². The van der Waals surface area contributed by atoms with Gasteiger partial charge in [0.2, 0.25) is 5.76 Å². The molecule has 3 heterocycles. The predicted molar refractivity (Wildman–Crippen MR) is 95.1 cm³/mol. The van der Waals surface area contributed by atoms with Gasteiger partial charge in [0.15, 0.2) is 11.5 Å². The molecule has 0 saturated heterocycles. The third kappa shape index (κ3) is 3.39. The zero-order valence-electron chi connectivity index (χ0n) is 13.1. The Bertz CT molecular complexity index is 971. The number of carbonyl (C=O) groups is 1. The van der Waals surface area contributed by atoms with Crippen molar-refractivity contribution in [2.45, 2.75) is 6.54 Å². The van der Waals surface area contributed by atoms with Crippen LogP contribution in [0.2, 0.25) is 0 Å². The lowest BCUT2D eigenvalue weighted by Gasteiger charge is -2.00. The molecule has 0 saturated carbocycles. The van der Waals surface area contributed by atoms with Crippen LogP contribution in [0.1, 0.15) is 15.4 Å². The summed E-state index contributed by atoms with van der Waals surface area (Å²) >= 11 is 1.65. The number of furan rings is 1. The van der Waals surface area contributed by atoms with E-state index in [0.29, 0.717) is 18.1 Å². The van der Waals surface area contributed by atoms with Gasteiger partial charge in [-0.15, -0.1) is 11.3 Å². The first-order chi connectivity index (χ1) is 12.3. The highest BCUT2D eigenvalue weighted by atomic mass is 32.1. The van der Waals surface area contributed by atoms with Crippen LogP contribution in [0.5, 0.6) is 0 Å². The highest BCUT2D eigenvalue weighted by Gasteiger charge is 2.15. The normalized spacial score (nSPS) is 10.7. The van der Waals surface area contributed by atoms with Crippen molar-refractivity contribution in [3.8, 4) is 22.0 Å². The highest BCUT2D eigenvalue weighted by molar-refractivity contribution is 7.15. The van der Waals surface area contributed by atoms with Crippen LogP contribution >= 0.6 is 11.3 Å². The molecule has 0 radical (unpaired) electrons. The van der Waals surface area contributed by atoms with Crippen LogP contribution < -0.4 is 5.32 Å². The fourth-order valence-corrected chi connectivity index (χ4v) is 3.36. The summed E-state index contributed by atoms with van der Waals surface area (Å²) in [6.45, 7) is 0.444. The van der Waals surface area contributed by atoms with E-state index < -0.39 is 0 Å². The van der Waals surface area contributed by atoms with Crippen LogP contribution in [0.25, 0.3) is 22.0 Å². The molecule has 0 spiro atoms. The molecule has 0 bridgehead atoms. The second-order valence-electron chi connectivity index (χ2n) is 5.37. The largest absolute Gasteiger partial charge is 0.461 e. The molecule has 4 rings (SSSR count). The van der Waals surface area contributed by atoms with Gasteiger partial charge in [0.25, 0.3) is 5.91 Å². The molecule has 1 amide bonds. The number of thiophene rings is 1. The molecule has 6 heteroatoms. The summed E-state index contributed by atoms with van der Waals surface area (Å²) in [7, 11) is 0. The number of rotatable bonds is 5. The molecule has 0 fully saturated rings. The quantitative estimate of drug-likeness (QED) is 0.571. The van der Waals surface area contributed by atoms with E-state index >= 15 is 0 Å². The van der Waals surface area contributed by atoms with Crippen molar-refractivity contribution in [1.82, 2.24) is 10.5 Å². The molecule has 0 unspecified atom stereocenters. The summed E-state index contributed by atoms with van der Waals surface area (Å²) < 4.78 is 10.4. The van der Waals surface area contributed by atoms with Crippen LogP contribution in [-0.2, 0) is 6.54 Å². The van der Waals surface area contributed by atoms with Crippen LogP contribution in [-0.4, -0.2) is 11.1 Å². The molecule has 1 N–H and O–H groups in total. The third-order valence-corrected chi connectivity index (χ3v) is 4.78. The number of carbonyl (C=O) groups excluding carboxylic acids is 1. The molecule has 0 atom stereocenters. The van der Waals surface area contributed by atoms with E-state index in [0.717, 1.165) is 4.88 Å². The van der Waals surface area contributed by atoms with E-state index in [1.807, 2.05) is 24.3 Å². The van der Waals surface area contributed by atoms with Gasteiger partial charge in [0.1, 0.15) is 0 Å². The van der Waals surface area contributed by atoms with Gasteiger partial charge >= 0.3 is 0 Å². The van der Waals surface area contributed by atoms with Crippen molar-refractivity contribution >= 4 is 17.2 Å². The van der Waals surface area contributed by atoms with Crippen LogP contribution in [0.4, 0.5) is 0 Å². The van der Waals surface area contributed by atoms with Crippen molar-refractivity contribution < 1.29 is 13.7 Å². The molecule has 5 nitrogen and oxygen atoms in total. The molecule has 124 valence electrons. The Morgan fingerprint density at radius 2 is 1.92 bits per heavy atom. The third-order valence-electron chi connectivity index (χ3n) is 3.65. The SMILES string of the molecule is O=C(NCc1ccc(-c2ccccc2)s1)c1cc(-c2ccco2)on1. The number of hydrogen-bond donors (Lipinski definition) is 1. The second kappa shape index (κ2) is 6.78. The summed E-state index contributed by atoms with van der Waals surface area (Å²) in [4.78, 5) is 14.5. The fraction of sp³-hybridized carbons (Fsp3) is 0.0526. The fourth-order valence-electron chi connectivity index (χ4n) is 2.41. The maximum atomic E-state index is 12.2. The summed E-state index contributed by atoms with van der Waals surface area (Å²) in [5.41, 5.74) is 1.40. The Morgan fingerprint density at radius 3 is 2.72 bits per heavy atom. The van der Waals surface area contributed by atoms with Gasteiger partial charge in [0.05, 0.1) is 12.8 Å². The Hall–Kier alpha value is -3.12. The van der Waals surface area contributed by atoms with Crippen molar-refractivity contribution in [2.75, 3.05) is 0 Å². The molecule has 1 aromatic carbocycles. The molecule has 0 aliphatic carbocycles. The Kier molecular flexibility index (Phi) is 4.18. The van der Waals surface area contributed by atoms with Crippen molar-refractivity contribution in [2.24, 2.45) is 0 Å². The average Bonchev–Trinajstić information content (AvgIpc) is 3.41. The number of amides is 1. The zero-order valence-corrected chi connectivity index (χ0v) is 14.0. The number of benzene rings is 1. The monoisotopic (exact) mass is 350 g/mol. The first kappa shape index (κ1) is 15.4. The zero-order chi connectivity index (χ0) is 17.1. The molecule has 4 aromatic rings. The summed E-state index contributed by atoms with van der Waals surface area (Å²) in [6.07, 6.45) is 1.54. The Morgan fingerprint density at radius 1 is 1.04 bits per heavy atom. The minimum absolute atomic E-state index is 0.228. The predicted octanol–water partition coefficient (Wildman–Crippen LogP) is 4.59. The van der Waals surface area contributed by atoms with Gasteiger partial charge in [0, 0.05) is 15.8 Å². The van der Waals surface area contributed by atoms with Gasteiger partial charge in [-0.1, -0.05) is 35.5 Å². The molecule has 0 aliphatic heterocycles. The molecule has 3 aromatic heterocycles. The van der Waals surface area contributed by atoms with E-state index in [9.17, 15) is 4.79 Å². The number of nitrogens with one attached hydrogen (secondary N) is 1. The first-order valence-corrected chi connectivity index (χ1v) is 8.54. The van der Waals surface area contributed by atoms with Crippen molar-refractivity contribution in [3.05, 3.63) is 77.5 Å². The summed E-state index contributed by atoms with van der Waals surface area (Å²) in [6, 6.07) is 19.3. The van der Waals surface area contributed by atoms with E-state index in [2.05, 4.69) is 28.7 Å². The molecular weight excluding hydrogens is 336 g/mol. The summed E-state index contributed by atoms with van der Waals surface area (Å²) in [5.74, 6) is 0.686.